The topological polar surface area (TPSA) is 78.9 Å². The fourth-order valence-corrected chi connectivity index (χ4v) is 6.69. The van der Waals surface area contributed by atoms with Crippen LogP contribution in [-0.4, -0.2) is 25.2 Å². The lowest BCUT2D eigenvalue weighted by Gasteiger charge is -2.06. The van der Waals surface area contributed by atoms with E-state index in [-0.39, 0.29) is 11.9 Å². The molecular weight excluding hydrogens is 600 g/mol. The molecule has 0 bridgehead atoms. The third-order valence-electron chi connectivity index (χ3n) is 9.41. The van der Waals surface area contributed by atoms with Crippen molar-refractivity contribution >= 4 is 77.4 Å². The Morgan fingerprint density at radius 3 is 1.29 bits per heavy atom. The van der Waals surface area contributed by atoms with Gasteiger partial charge in [-0.05, 0) is 95.1 Å². The Labute approximate surface area is 279 Å². The van der Waals surface area contributed by atoms with E-state index in [2.05, 4.69) is 26.0 Å². The number of rotatable bonds is 14. The van der Waals surface area contributed by atoms with Gasteiger partial charge >= 0.3 is 11.9 Å². The molecule has 0 aliphatic rings. The van der Waals surface area contributed by atoms with Crippen molar-refractivity contribution in [2.75, 3.05) is 13.2 Å². The van der Waals surface area contributed by atoms with Crippen molar-refractivity contribution in [2.24, 2.45) is 0 Å². The van der Waals surface area contributed by atoms with Crippen molar-refractivity contribution in [3.05, 3.63) is 83.9 Å². The van der Waals surface area contributed by atoms with Crippen LogP contribution < -0.4 is 0 Å². The molecule has 2 heterocycles. The third-order valence-corrected chi connectivity index (χ3v) is 9.41. The fraction of sp³-hybridized carbons (Fsp3) is 0.333. The SMILES string of the molecule is CCCCCCCOC(=O)c1ccc2cc3c(cc2c1)oc1cc2c(cc13)oc1cc3cc(C(=O)OCCCCCCC)ccc3cc12. The van der Waals surface area contributed by atoms with E-state index in [9.17, 15) is 9.59 Å². The molecule has 246 valence electrons. The summed E-state index contributed by atoms with van der Waals surface area (Å²) < 4.78 is 23.8. The van der Waals surface area contributed by atoms with Crippen molar-refractivity contribution < 1.29 is 27.9 Å². The Balaban J connectivity index is 1.13. The lowest BCUT2D eigenvalue weighted by Crippen LogP contribution is -2.06. The van der Waals surface area contributed by atoms with Gasteiger partial charge in [-0.2, -0.15) is 0 Å². The second-order valence-corrected chi connectivity index (χ2v) is 13.0. The monoisotopic (exact) mass is 642 g/mol. The van der Waals surface area contributed by atoms with Crippen LogP contribution in [0.15, 0.2) is 81.6 Å². The van der Waals surface area contributed by atoms with Gasteiger partial charge in [-0.15, -0.1) is 0 Å². The van der Waals surface area contributed by atoms with Gasteiger partial charge in [0.25, 0.3) is 0 Å². The van der Waals surface area contributed by atoms with E-state index in [0.717, 1.165) is 91.1 Å². The van der Waals surface area contributed by atoms with Gasteiger partial charge < -0.3 is 18.3 Å². The Bertz CT molecular complexity index is 2110. The van der Waals surface area contributed by atoms with Crippen LogP contribution in [0, 0.1) is 0 Å². The first kappa shape index (κ1) is 31.7. The van der Waals surface area contributed by atoms with Crippen molar-refractivity contribution in [1.82, 2.24) is 0 Å². The Hall–Kier alpha value is -4.84. The highest BCUT2D eigenvalue weighted by Crippen LogP contribution is 2.39. The lowest BCUT2D eigenvalue weighted by molar-refractivity contribution is 0.0488. The molecule has 0 saturated carbocycles. The quantitative estimate of drug-likeness (QED) is 0.0867. The molecule has 0 aliphatic carbocycles. The minimum absolute atomic E-state index is 0.291. The summed E-state index contributed by atoms with van der Waals surface area (Å²) in [4.78, 5) is 25.4. The van der Waals surface area contributed by atoms with Crippen LogP contribution in [0.4, 0.5) is 0 Å². The van der Waals surface area contributed by atoms with E-state index in [1.807, 2.05) is 60.7 Å². The number of carbonyl (C=O) groups excluding carboxylic acids is 2. The Morgan fingerprint density at radius 1 is 0.458 bits per heavy atom. The average molecular weight is 643 g/mol. The van der Waals surface area contributed by atoms with Crippen LogP contribution in [0.1, 0.15) is 98.8 Å². The molecule has 0 N–H and O–H groups in total. The molecule has 0 atom stereocenters. The highest BCUT2D eigenvalue weighted by Gasteiger charge is 2.17. The van der Waals surface area contributed by atoms with E-state index < -0.39 is 0 Å². The van der Waals surface area contributed by atoms with Gasteiger partial charge in [-0.1, -0.05) is 77.3 Å². The van der Waals surface area contributed by atoms with E-state index in [0.29, 0.717) is 24.3 Å². The van der Waals surface area contributed by atoms with Gasteiger partial charge in [0.1, 0.15) is 22.3 Å². The summed E-state index contributed by atoms with van der Waals surface area (Å²) in [5.41, 5.74) is 4.13. The molecule has 0 amide bonds. The van der Waals surface area contributed by atoms with E-state index in [1.165, 1.54) is 38.5 Å². The van der Waals surface area contributed by atoms with Crippen molar-refractivity contribution in [3.8, 4) is 0 Å². The van der Waals surface area contributed by atoms with Crippen molar-refractivity contribution in [1.29, 1.82) is 0 Å². The molecule has 0 aliphatic heterocycles. The molecule has 0 radical (unpaired) electrons. The third kappa shape index (κ3) is 6.49. The van der Waals surface area contributed by atoms with Crippen LogP contribution in [0.25, 0.3) is 65.4 Å². The predicted molar refractivity (Wildman–Crippen MR) is 194 cm³/mol. The molecular formula is C42H42O6. The molecule has 0 unspecified atom stereocenters. The number of carbonyl (C=O) groups is 2. The first-order valence-electron chi connectivity index (χ1n) is 17.6. The predicted octanol–water partition coefficient (Wildman–Crippen LogP) is 12.0. The number of unbranched alkanes of at least 4 members (excludes halogenated alkanes) is 8. The number of benzene rings is 5. The molecule has 0 spiro atoms. The van der Waals surface area contributed by atoms with Gasteiger partial charge in [0.2, 0.25) is 0 Å². The molecule has 0 fully saturated rings. The highest BCUT2D eigenvalue weighted by atomic mass is 16.5. The number of hydrogen-bond donors (Lipinski definition) is 0. The average Bonchev–Trinajstić information content (AvgIpc) is 3.63. The molecule has 48 heavy (non-hydrogen) atoms. The largest absolute Gasteiger partial charge is 0.462 e. The molecule has 6 heteroatoms. The fourth-order valence-electron chi connectivity index (χ4n) is 6.69. The number of fused-ring (bicyclic) bond motifs is 8. The maximum atomic E-state index is 12.7. The lowest BCUT2D eigenvalue weighted by atomic mass is 10.0. The molecule has 0 saturated heterocycles. The van der Waals surface area contributed by atoms with Gasteiger partial charge in [-0.3, -0.25) is 0 Å². The molecule has 6 nitrogen and oxygen atoms in total. The van der Waals surface area contributed by atoms with Crippen LogP contribution in [-0.2, 0) is 9.47 Å². The van der Waals surface area contributed by atoms with Gasteiger partial charge in [-0.25, -0.2) is 9.59 Å². The summed E-state index contributed by atoms with van der Waals surface area (Å²) in [7, 11) is 0. The first-order valence-corrected chi connectivity index (χ1v) is 17.6. The molecule has 2 aromatic heterocycles. The summed E-state index contributed by atoms with van der Waals surface area (Å²) in [6, 6.07) is 23.6. The normalized spacial score (nSPS) is 11.9. The summed E-state index contributed by atoms with van der Waals surface area (Å²) in [6.07, 6.45) is 11.1. The Morgan fingerprint density at radius 2 is 0.854 bits per heavy atom. The maximum Gasteiger partial charge on any atom is 0.338 e. The van der Waals surface area contributed by atoms with Crippen molar-refractivity contribution in [3.63, 3.8) is 0 Å². The zero-order chi connectivity index (χ0) is 33.0. The first-order chi connectivity index (χ1) is 23.5. The summed E-state index contributed by atoms with van der Waals surface area (Å²) in [6.45, 7) is 5.28. The minimum atomic E-state index is -0.291. The standard InChI is InChI=1S/C42H42O6/c1-3-5-7-9-11-17-45-41(43)29-15-13-27-21-33-35-25-40-36(26-39(35)47-37(33)23-31(27)19-29)34-22-28-14-16-30(20-32(28)24-38(34)48-40)42(44)46-18-12-10-8-6-4-2/h13-16,19-26H,3-12,17-18H2,1-2H3. The van der Waals surface area contributed by atoms with Gasteiger partial charge in [0.05, 0.1) is 24.3 Å². The highest BCUT2D eigenvalue weighted by molar-refractivity contribution is 6.18. The number of furan rings is 2. The van der Waals surface area contributed by atoms with Crippen molar-refractivity contribution in [2.45, 2.75) is 78.1 Å². The summed E-state index contributed by atoms with van der Waals surface area (Å²) in [5, 5.41) is 7.79. The van der Waals surface area contributed by atoms with Gasteiger partial charge in [0, 0.05) is 21.5 Å². The number of ether oxygens (including phenoxy) is 2. The number of hydrogen-bond acceptors (Lipinski definition) is 6. The summed E-state index contributed by atoms with van der Waals surface area (Å²) >= 11 is 0. The van der Waals surface area contributed by atoms with E-state index in [1.54, 1.807) is 0 Å². The zero-order valence-electron chi connectivity index (χ0n) is 27.9. The second-order valence-electron chi connectivity index (χ2n) is 13.0. The number of esters is 2. The van der Waals surface area contributed by atoms with Gasteiger partial charge in [0.15, 0.2) is 0 Å². The minimum Gasteiger partial charge on any atom is -0.462 e. The molecule has 5 aromatic carbocycles. The maximum absolute atomic E-state index is 12.7. The zero-order valence-corrected chi connectivity index (χ0v) is 27.9. The van der Waals surface area contributed by atoms with Crippen LogP contribution in [0.3, 0.4) is 0 Å². The summed E-state index contributed by atoms with van der Waals surface area (Å²) in [5.74, 6) is -0.581. The Kier molecular flexibility index (Phi) is 9.33. The smallest absolute Gasteiger partial charge is 0.338 e. The molecule has 7 aromatic rings. The van der Waals surface area contributed by atoms with E-state index in [4.69, 9.17) is 18.3 Å². The van der Waals surface area contributed by atoms with Crippen LogP contribution in [0.2, 0.25) is 0 Å². The van der Waals surface area contributed by atoms with Crippen LogP contribution in [0.5, 0.6) is 0 Å². The van der Waals surface area contributed by atoms with Crippen LogP contribution >= 0.6 is 0 Å². The molecule has 7 rings (SSSR count). The van der Waals surface area contributed by atoms with E-state index >= 15 is 0 Å². The second kappa shape index (κ2) is 14.1.